The average molecular weight is 328 g/mol. The maximum Gasteiger partial charge on any atom is 0.319 e. The first kappa shape index (κ1) is 13.7. The maximum atomic E-state index is 11.7. The Morgan fingerprint density at radius 1 is 1.23 bits per heavy atom. The molecule has 22 heavy (non-hydrogen) atoms. The normalized spacial score (nSPS) is 17.8. The Hall–Kier alpha value is -1.92. The topological polar surface area (TPSA) is 52.1 Å². The SMILES string of the molecule is O=C1OCC[C@H]1Sc1ncnc2sc(-c3ccccc3)cc12. The van der Waals surface area contributed by atoms with Gasteiger partial charge in [0, 0.05) is 16.7 Å². The molecule has 0 spiro atoms. The van der Waals surface area contributed by atoms with Crippen LogP contribution in [0.3, 0.4) is 0 Å². The first-order valence-corrected chi connectivity index (χ1v) is 8.64. The molecule has 2 aromatic heterocycles. The minimum Gasteiger partial charge on any atom is -0.465 e. The fourth-order valence-corrected chi connectivity index (χ4v) is 4.50. The molecule has 1 aromatic carbocycles. The van der Waals surface area contributed by atoms with E-state index in [0.717, 1.165) is 26.5 Å². The number of aromatic nitrogens is 2. The van der Waals surface area contributed by atoms with Crippen molar-refractivity contribution in [3.8, 4) is 10.4 Å². The summed E-state index contributed by atoms with van der Waals surface area (Å²) in [5.74, 6) is -0.143. The van der Waals surface area contributed by atoms with E-state index >= 15 is 0 Å². The number of thiophene rings is 1. The van der Waals surface area contributed by atoms with Crippen LogP contribution < -0.4 is 0 Å². The van der Waals surface area contributed by atoms with E-state index in [1.165, 1.54) is 17.3 Å². The summed E-state index contributed by atoms with van der Waals surface area (Å²) in [4.78, 5) is 22.5. The van der Waals surface area contributed by atoms with Crippen molar-refractivity contribution in [1.82, 2.24) is 9.97 Å². The summed E-state index contributed by atoms with van der Waals surface area (Å²) in [5.41, 5.74) is 1.17. The number of carbonyl (C=O) groups is 1. The Bertz CT molecular complexity index is 833. The number of nitrogens with zero attached hydrogens (tertiary/aromatic N) is 2. The van der Waals surface area contributed by atoms with Gasteiger partial charge in [0.05, 0.1) is 6.61 Å². The Balaban J connectivity index is 1.73. The van der Waals surface area contributed by atoms with Gasteiger partial charge < -0.3 is 4.74 Å². The summed E-state index contributed by atoms with van der Waals surface area (Å²) in [7, 11) is 0. The van der Waals surface area contributed by atoms with Crippen molar-refractivity contribution in [2.75, 3.05) is 6.61 Å². The smallest absolute Gasteiger partial charge is 0.319 e. The molecular formula is C16H12N2O2S2. The molecule has 0 N–H and O–H groups in total. The Morgan fingerprint density at radius 3 is 2.86 bits per heavy atom. The minimum absolute atomic E-state index is 0.143. The van der Waals surface area contributed by atoms with E-state index in [1.807, 2.05) is 18.2 Å². The van der Waals surface area contributed by atoms with Crippen molar-refractivity contribution < 1.29 is 9.53 Å². The Morgan fingerprint density at radius 2 is 2.09 bits per heavy atom. The van der Waals surface area contributed by atoms with Gasteiger partial charge in [0.1, 0.15) is 21.4 Å². The lowest BCUT2D eigenvalue weighted by atomic mass is 10.2. The molecule has 3 aromatic rings. The third-order valence-electron chi connectivity index (χ3n) is 3.49. The summed E-state index contributed by atoms with van der Waals surface area (Å²) in [6.07, 6.45) is 2.31. The number of fused-ring (bicyclic) bond motifs is 1. The fraction of sp³-hybridized carbons (Fsp3) is 0.188. The molecule has 6 heteroatoms. The number of thioether (sulfide) groups is 1. The zero-order valence-corrected chi connectivity index (χ0v) is 13.2. The van der Waals surface area contributed by atoms with Gasteiger partial charge in [-0.15, -0.1) is 11.3 Å². The fourth-order valence-electron chi connectivity index (χ4n) is 2.39. The zero-order valence-electron chi connectivity index (χ0n) is 11.6. The molecule has 0 bridgehead atoms. The molecule has 4 nitrogen and oxygen atoms in total. The molecule has 0 amide bonds. The molecule has 110 valence electrons. The highest BCUT2D eigenvalue weighted by atomic mass is 32.2. The molecule has 0 aliphatic carbocycles. The predicted octanol–water partition coefficient (Wildman–Crippen LogP) is 3.77. The molecule has 1 aliphatic rings. The van der Waals surface area contributed by atoms with Crippen LogP contribution in [0.1, 0.15) is 6.42 Å². The molecule has 3 heterocycles. The predicted molar refractivity (Wildman–Crippen MR) is 88.1 cm³/mol. The van der Waals surface area contributed by atoms with Crippen LogP contribution >= 0.6 is 23.1 Å². The Kier molecular flexibility index (Phi) is 3.56. The first-order valence-electron chi connectivity index (χ1n) is 6.94. The largest absolute Gasteiger partial charge is 0.465 e. The van der Waals surface area contributed by atoms with Crippen LogP contribution in [-0.4, -0.2) is 27.8 Å². The van der Waals surface area contributed by atoms with Crippen LogP contribution in [0.25, 0.3) is 20.7 Å². The van der Waals surface area contributed by atoms with Gasteiger partial charge in [0.2, 0.25) is 0 Å². The summed E-state index contributed by atoms with van der Waals surface area (Å²) >= 11 is 3.12. The van der Waals surface area contributed by atoms with Crippen molar-refractivity contribution in [2.45, 2.75) is 16.7 Å². The minimum atomic E-state index is -0.154. The van der Waals surface area contributed by atoms with Gasteiger partial charge in [-0.3, -0.25) is 4.79 Å². The van der Waals surface area contributed by atoms with E-state index in [0.29, 0.717) is 6.61 Å². The standard InChI is InChI=1S/C16H12N2O2S2/c19-16-12(6-7-20-16)21-14-11-8-13(10-4-2-1-3-5-10)22-15(11)18-9-17-14/h1-5,8-9,12H,6-7H2/t12-/m1/s1. The summed E-state index contributed by atoms with van der Waals surface area (Å²) in [6.45, 7) is 0.504. The molecule has 0 radical (unpaired) electrons. The highest BCUT2D eigenvalue weighted by Crippen LogP contribution is 2.38. The number of hydrogen-bond acceptors (Lipinski definition) is 6. The molecular weight excluding hydrogens is 316 g/mol. The maximum absolute atomic E-state index is 11.7. The van der Waals surface area contributed by atoms with Crippen molar-refractivity contribution in [3.05, 3.63) is 42.7 Å². The second-order valence-electron chi connectivity index (χ2n) is 4.94. The van der Waals surface area contributed by atoms with Crippen LogP contribution in [0.4, 0.5) is 0 Å². The van der Waals surface area contributed by atoms with Gasteiger partial charge >= 0.3 is 5.97 Å². The number of esters is 1. The lowest BCUT2D eigenvalue weighted by Gasteiger charge is -2.04. The van der Waals surface area contributed by atoms with Crippen molar-refractivity contribution in [2.24, 2.45) is 0 Å². The average Bonchev–Trinajstić information content (AvgIpc) is 3.16. The number of carbonyl (C=O) groups excluding carboxylic acids is 1. The van der Waals surface area contributed by atoms with Gasteiger partial charge in [0.15, 0.2) is 0 Å². The second-order valence-corrected chi connectivity index (χ2v) is 7.16. The highest BCUT2D eigenvalue weighted by molar-refractivity contribution is 8.00. The van der Waals surface area contributed by atoms with E-state index in [2.05, 4.69) is 28.2 Å². The first-order chi connectivity index (χ1) is 10.8. The third kappa shape index (κ3) is 2.48. The number of cyclic esters (lactones) is 1. The van der Waals surface area contributed by atoms with Crippen LogP contribution in [0, 0.1) is 0 Å². The molecule has 1 fully saturated rings. The van der Waals surface area contributed by atoms with Crippen LogP contribution in [-0.2, 0) is 9.53 Å². The van der Waals surface area contributed by atoms with Gasteiger partial charge in [0.25, 0.3) is 0 Å². The number of ether oxygens (including phenoxy) is 1. The van der Waals surface area contributed by atoms with Crippen LogP contribution in [0.15, 0.2) is 47.8 Å². The monoisotopic (exact) mass is 328 g/mol. The van der Waals surface area contributed by atoms with Crippen LogP contribution in [0.5, 0.6) is 0 Å². The van der Waals surface area contributed by atoms with E-state index in [4.69, 9.17) is 4.74 Å². The molecule has 1 aliphatic heterocycles. The van der Waals surface area contributed by atoms with Gasteiger partial charge in [-0.1, -0.05) is 42.1 Å². The van der Waals surface area contributed by atoms with Crippen molar-refractivity contribution in [1.29, 1.82) is 0 Å². The van der Waals surface area contributed by atoms with Crippen molar-refractivity contribution >= 4 is 39.3 Å². The summed E-state index contributed by atoms with van der Waals surface area (Å²) in [6, 6.07) is 12.3. The number of benzene rings is 1. The van der Waals surface area contributed by atoms with E-state index in [1.54, 1.807) is 17.7 Å². The van der Waals surface area contributed by atoms with E-state index < -0.39 is 0 Å². The van der Waals surface area contributed by atoms with Gasteiger partial charge in [-0.2, -0.15) is 0 Å². The van der Waals surface area contributed by atoms with Gasteiger partial charge in [-0.25, -0.2) is 9.97 Å². The third-order valence-corrected chi connectivity index (χ3v) is 5.85. The number of hydrogen-bond donors (Lipinski definition) is 0. The lowest BCUT2D eigenvalue weighted by molar-refractivity contribution is -0.137. The molecule has 4 rings (SSSR count). The van der Waals surface area contributed by atoms with Gasteiger partial charge in [-0.05, 0) is 11.6 Å². The van der Waals surface area contributed by atoms with Crippen molar-refractivity contribution in [3.63, 3.8) is 0 Å². The zero-order chi connectivity index (χ0) is 14.9. The van der Waals surface area contributed by atoms with E-state index in [-0.39, 0.29) is 11.2 Å². The summed E-state index contributed by atoms with van der Waals surface area (Å²) in [5, 5.41) is 1.71. The Labute approximate surface area is 135 Å². The van der Waals surface area contributed by atoms with E-state index in [9.17, 15) is 4.79 Å². The molecule has 0 unspecified atom stereocenters. The lowest BCUT2D eigenvalue weighted by Crippen LogP contribution is -2.09. The molecule has 1 atom stereocenters. The quantitative estimate of drug-likeness (QED) is 0.541. The highest BCUT2D eigenvalue weighted by Gasteiger charge is 2.28. The summed E-state index contributed by atoms with van der Waals surface area (Å²) < 4.78 is 5.02. The molecule has 0 saturated carbocycles. The second kappa shape index (κ2) is 5.70. The molecule has 1 saturated heterocycles. The van der Waals surface area contributed by atoms with Crippen LogP contribution in [0.2, 0.25) is 0 Å². The number of rotatable bonds is 3.